The standard InChI is InChI=1S/C15H28O4/c1-14(2,3)8-9-15(4,5)11(13(17)19-7)10-12(16)18-6/h11H,8-10H2,1-7H3. The van der Waals surface area contributed by atoms with Crippen LogP contribution in [-0.4, -0.2) is 26.2 Å². The summed E-state index contributed by atoms with van der Waals surface area (Å²) < 4.78 is 9.50. The van der Waals surface area contributed by atoms with Crippen molar-refractivity contribution in [1.29, 1.82) is 0 Å². The van der Waals surface area contributed by atoms with E-state index in [1.54, 1.807) is 0 Å². The molecule has 0 aliphatic rings. The maximum Gasteiger partial charge on any atom is 0.309 e. The second kappa shape index (κ2) is 6.92. The molecule has 0 aromatic carbocycles. The van der Waals surface area contributed by atoms with Crippen LogP contribution < -0.4 is 0 Å². The van der Waals surface area contributed by atoms with Gasteiger partial charge in [0.15, 0.2) is 0 Å². The molecule has 0 amide bonds. The van der Waals surface area contributed by atoms with Crippen molar-refractivity contribution in [2.75, 3.05) is 14.2 Å². The monoisotopic (exact) mass is 272 g/mol. The maximum atomic E-state index is 11.9. The van der Waals surface area contributed by atoms with Crippen molar-refractivity contribution < 1.29 is 19.1 Å². The fourth-order valence-corrected chi connectivity index (χ4v) is 1.94. The first-order chi connectivity index (χ1) is 8.53. The van der Waals surface area contributed by atoms with Gasteiger partial charge in [0.1, 0.15) is 0 Å². The van der Waals surface area contributed by atoms with Crippen LogP contribution >= 0.6 is 0 Å². The molecule has 0 spiro atoms. The van der Waals surface area contributed by atoms with Crippen molar-refractivity contribution in [2.45, 2.75) is 53.9 Å². The Morgan fingerprint density at radius 2 is 1.47 bits per heavy atom. The van der Waals surface area contributed by atoms with Crippen LogP contribution in [0.3, 0.4) is 0 Å². The number of hydrogen-bond donors (Lipinski definition) is 0. The zero-order valence-corrected chi connectivity index (χ0v) is 13.3. The predicted octanol–water partition coefficient (Wildman–Crippen LogP) is 3.19. The minimum atomic E-state index is -0.465. The normalized spacial score (nSPS) is 13.8. The Labute approximate surface area is 116 Å². The highest BCUT2D eigenvalue weighted by Gasteiger charge is 2.38. The number of esters is 2. The minimum absolute atomic E-state index is 0.0698. The van der Waals surface area contributed by atoms with E-state index in [4.69, 9.17) is 4.74 Å². The second-order valence-corrected chi connectivity index (χ2v) is 6.91. The molecule has 0 aliphatic carbocycles. The average molecular weight is 272 g/mol. The van der Waals surface area contributed by atoms with Crippen LogP contribution in [0.4, 0.5) is 0 Å². The summed E-state index contributed by atoms with van der Waals surface area (Å²) >= 11 is 0. The molecular weight excluding hydrogens is 244 g/mol. The van der Waals surface area contributed by atoms with Crippen molar-refractivity contribution in [3.05, 3.63) is 0 Å². The molecule has 4 heteroatoms. The van der Waals surface area contributed by atoms with Crippen LogP contribution in [0.1, 0.15) is 53.9 Å². The molecule has 0 fully saturated rings. The highest BCUT2D eigenvalue weighted by molar-refractivity contribution is 5.80. The second-order valence-electron chi connectivity index (χ2n) is 6.91. The summed E-state index contributed by atoms with van der Waals surface area (Å²) in [5.74, 6) is -1.18. The van der Waals surface area contributed by atoms with Crippen molar-refractivity contribution in [3.8, 4) is 0 Å². The van der Waals surface area contributed by atoms with Gasteiger partial charge in [0.05, 0.1) is 26.6 Å². The van der Waals surface area contributed by atoms with E-state index in [0.717, 1.165) is 12.8 Å². The SMILES string of the molecule is COC(=O)CC(C(=O)OC)C(C)(C)CCC(C)(C)C. The van der Waals surface area contributed by atoms with Crippen LogP contribution in [0, 0.1) is 16.7 Å². The third-order valence-corrected chi connectivity index (χ3v) is 3.55. The van der Waals surface area contributed by atoms with Crippen LogP contribution in [0.15, 0.2) is 0 Å². The van der Waals surface area contributed by atoms with Gasteiger partial charge < -0.3 is 9.47 Å². The van der Waals surface area contributed by atoms with E-state index >= 15 is 0 Å². The van der Waals surface area contributed by atoms with E-state index in [1.165, 1.54) is 14.2 Å². The summed E-state index contributed by atoms with van der Waals surface area (Å²) in [4.78, 5) is 23.4. The Hall–Kier alpha value is -1.06. The van der Waals surface area contributed by atoms with Gasteiger partial charge in [0.25, 0.3) is 0 Å². The molecule has 4 nitrogen and oxygen atoms in total. The first-order valence-corrected chi connectivity index (χ1v) is 6.68. The Bertz CT molecular complexity index is 313. The molecule has 0 aliphatic heterocycles. The van der Waals surface area contributed by atoms with Crippen LogP contribution in [0.2, 0.25) is 0 Å². The van der Waals surface area contributed by atoms with Gasteiger partial charge >= 0.3 is 11.9 Å². The number of carbonyl (C=O) groups excluding carboxylic acids is 2. The molecule has 0 N–H and O–H groups in total. The van der Waals surface area contributed by atoms with Crippen LogP contribution in [0.5, 0.6) is 0 Å². The number of carbonyl (C=O) groups is 2. The molecule has 0 rings (SSSR count). The van der Waals surface area contributed by atoms with Gasteiger partial charge in [0.2, 0.25) is 0 Å². The fourth-order valence-electron chi connectivity index (χ4n) is 1.94. The first kappa shape index (κ1) is 17.9. The third-order valence-electron chi connectivity index (χ3n) is 3.55. The summed E-state index contributed by atoms with van der Waals surface area (Å²) in [7, 11) is 2.69. The molecule has 0 saturated heterocycles. The molecule has 1 unspecified atom stereocenters. The third kappa shape index (κ3) is 6.60. The molecule has 0 aromatic heterocycles. The van der Waals surface area contributed by atoms with Crippen molar-refractivity contribution in [2.24, 2.45) is 16.7 Å². The molecular formula is C15H28O4. The Balaban J connectivity index is 4.90. The molecule has 0 radical (unpaired) electrons. The van der Waals surface area contributed by atoms with E-state index < -0.39 is 5.92 Å². The molecule has 1 atom stereocenters. The van der Waals surface area contributed by atoms with Crippen molar-refractivity contribution in [1.82, 2.24) is 0 Å². The molecule has 0 aromatic rings. The Morgan fingerprint density at radius 1 is 0.947 bits per heavy atom. The molecule has 0 heterocycles. The number of rotatable bonds is 6. The Kier molecular flexibility index (Phi) is 6.53. The highest BCUT2D eigenvalue weighted by Crippen LogP contribution is 2.38. The summed E-state index contributed by atoms with van der Waals surface area (Å²) in [5.41, 5.74) is -0.0994. The van der Waals surface area contributed by atoms with E-state index in [0.29, 0.717) is 0 Å². The molecule has 19 heavy (non-hydrogen) atoms. The quantitative estimate of drug-likeness (QED) is 0.697. The Morgan fingerprint density at radius 3 is 1.84 bits per heavy atom. The van der Waals surface area contributed by atoms with E-state index in [-0.39, 0.29) is 29.2 Å². The van der Waals surface area contributed by atoms with Crippen molar-refractivity contribution in [3.63, 3.8) is 0 Å². The molecule has 0 saturated carbocycles. The van der Waals surface area contributed by atoms with Gasteiger partial charge in [-0.05, 0) is 23.7 Å². The van der Waals surface area contributed by atoms with Gasteiger partial charge in [-0.15, -0.1) is 0 Å². The molecule has 112 valence electrons. The van der Waals surface area contributed by atoms with E-state index in [1.807, 2.05) is 13.8 Å². The minimum Gasteiger partial charge on any atom is -0.469 e. The van der Waals surface area contributed by atoms with Crippen LogP contribution in [0.25, 0.3) is 0 Å². The average Bonchev–Trinajstić information content (AvgIpc) is 2.31. The topological polar surface area (TPSA) is 52.6 Å². The lowest BCUT2D eigenvalue weighted by molar-refractivity contribution is -0.156. The summed E-state index contributed by atoms with van der Waals surface area (Å²) in [6.07, 6.45) is 1.91. The zero-order chi connectivity index (χ0) is 15.3. The van der Waals surface area contributed by atoms with Crippen LogP contribution in [-0.2, 0) is 19.1 Å². The van der Waals surface area contributed by atoms with Crippen molar-refractivity contribution >= 4 is 11.9 Å². The lowest BCUT2D eigenvalue weighted by atomic mass is 9.71. The number of hydrogen-bond acceptors (Lipinski definition) is 4. The molecule has 0 bridgehead atoms. The fraction of sp³-hybridized carbons (Fsp3) is 0.867. The first-order valence-electron chi connectivity index (χ1n) is 6.68. The van der Waals surface area contributed by atoms with Gasteiger partial charge in [-0.1, -0.05) is 34.6 Å². The number of methoxy groups -OCH3 is 2. The highest BCUT2D eigenvalue weighted by atomic mass is 16.5. The van der Waals surface area contributed by atoms with Gasteiger partial charge in [-0.2, -0.15) is 0 Å². The summed E-state index contributed by atoms with van der Waals surface area (Å²) in [5, 5.41) is 0. The van der Waals surface area contributed by atoms with Gasteiger partial charge in [-0.25, -0.2) is 0 Å². The summed E-state index contributed by atoms with van der Waals surface area (Å²) in [6.45, 7) is 10.5. The smallest absolute Gasteiger partial charge is 0.309 e. The lowest BCUT2D eigenvalue weighted by Gasteiger charge is -2.34. The zero-order valence-electron chi connectivity index (χ0n) is 13.3. The van der Waals surface area contributed by atoms with E-state index in [2.05, 4.69) is 25.5 Å². The predicted molar refractivity (Wildman–Crippen MR) is 74.6 cm³/mol. The van der Waals surface area contributed by atoms with E-state index in [9.17, 15) is 9.59 Å². The van der Waals surface area contributed by atoms with Gasteiger partial charge in [-0.3, -0.25) is 9.59 Å². The number of ether oxygens (including phenoxy) is 2. The lowest BCUT2D eigenvalue weighted by Crippen LogP contribution is -2.35. The summed E-state index contributed by atoms with van der Waals surface area (Å²) in [6, 6.07) is 0. The van der Waals surface area contributed by atoms with Gasteiger partial charge in [0, 0.05) is 0 Å². The largest absolute Gasteiger partial charge is 0.469 e. The maximum absolute atomic E-state index is 11.9.